The van der Waals surface area contributed by atoms with Gasteiger partial charge in [0.1, 0.15) is 0 Å². The summed E-state index contributed by atoms with van der Waals surface area (Å²) < 4.78 is 34.1. The van der Waals surface area contributed by atoms with Crippen LogP contribution in [-0.2, 0) is 10.4 Å². The molecular formula is C16H20Na2O4S. The first-order valence-electron chi connectivity index (χ1n) is 6.79. The third kappa shape index (κ3) is 9.00. The molecule has 0 N–H and O–H groups in total. The van der Waals surface area contributed by atoms with E-state index in [9.17, 15) is 0 Å². The Hall–Kier alpha value is 0.570. The van der Waals surface area contributed by atoms with Gasteiger partial charge in [0.25, 0.3) is 0 Å². The third-order valence-electron chi connectivity index (χ3n) is 3.20. The van der Waals surface area contributed by atoms with Gasteiger partial charge in [0, 0.05) is 10.4 Å². The molecule has 2 aromatic rings. The Morgan fingerprint density at radius 2 is 1.30 bits per heavy atom. The molecule has 0 heterocycles. The molecule has 4 nitrogen and oxygen atoms in total. The Labute approximate surface area is 183 Å². The largest absolute Gasteiger partial charge is 1.00 e. The normalized spacial score (nSPS) is 10.6. The minimum atomic E-state index is -5.17. The molecule has 0 saturated carbocycles. The summed E-state index contributed by atoms with van der Waals surface area (Å²) in [6.45, 7) is 9.12. The SMILES string of the molecule is CC(C)c1ccc2ccccc2c1C(C)C.O=S(=O)([O-])[O-].[Na+].[Na+]. The average molecular weight is 354 g/mol. The van der Waals surface area contributed by atoms with Crippen molar-refractivity contribution in [1.82, 2.24) is 0 Å². The fraction of sp³-hybridized carbons (Fsp3) is 0.375. The first kappa shape index (κ1) is 25.8. The molecule has 2 rings (SSSR count). The summed E-state index contributed by atoms with van der Waals surface area (Å²) >= 11 is 0. The quantitative estimate of drug-likeness (QED) is 0.347. The Balaban J connectivity index is 0. The van der Waals surface area contributed by atoms with Gasteiger partial charge in [-0.1, -0.05) is 64.1 Å². The average Bonchev–Trinajstić information content (AvgIpc) is 2.34. The predicted octanol–water partition coefficient (Wildman–Crippen LogP) is -2.24. The molecule has 0 aliphatic carbocycles. The summed E-state index contributed by atoms with van der Waals surface area (Å²) in [5.41, 5.74) is 3.02. The van der Waals surface area contributed by atoms with Gasteiger partial charge < -0.3 is 9.11 Å². The van der Waals surface area contributed by atoms with Gasteiger partial charge in [-0.3, -0.25) is 8.42 Å². The van der Waals surface area contributed by atoms with Crippen molar-refractivity contribution in [2.24, 2.45) is 0 Å². The molecule has 23 heavy (non-hydrogen) atoms. The summed E-state index contributed by atoms with van der Waals surface area (Å²) in [5, 5.41) is 2.78. The molecule has 0 amide bonds. The number of hydrogen-bond acceptors (Lipinski definition) is 4. The van der Waals surface area contributed by atoms with Gasteiger partial charge in [0.2, 0.25) is 0 Å². The van der Waals surface area contributed by atoms with Crippen molar-refractivity contribution in [3.8, 4) is 0 Å². The van der Waals surface area contributed by atoms with Crippen LogP contribution in [-0.4, -0.2) is 17.5 Å². The van der Waals surface area contributed by atoms with Crippen LogP contribution in [0.1, 0.15) is 50.7 Å². The molecule has 0 atom stereocenters. The Bertz CT molecular complexity index is 705. The molecule has 0 radical (unpaired) electrons. The zero-order chi connectivity index (χ0) is 16.2. The molecule has 0 fully saturated rings. The first-order chi connectivity index (χ1) is 9.61. The fourth-order valence-corrected chi connectivity index (χ4v) is 2.46. The van der Waals surface area contributed by atoms with E-state index in [4.69, 9.17) is 17.5 Å². The van der Waals surface area contributed by atoms with Crippen molar-refractivity contribution in [3.05, 3.63) is 47.5 Å². The fourth-order valence-electron chi connectivity index (χ4n) is 2.46. The van der Waals surface area contributed by atoms with E-state index in [1.807, 2.05) is 0 Å². The number of hydrogen-bond donors (Lipinski definition) is 0. The van der Waals surface area contributed by atoms with Gasteiger partial charge in [0.05, 0.1) is 0 Å². The van der Waals surface area contributed by atoms with Crippen LogP contribution in [0.2, 0.25) is 0 Å². The monoisotopic (exact) mass is 354 g/mol. The zero-order valence-corrected chi connectivity index (χ0v) is 19.5. The Morgan fingerprint density at radius 3 is 1.74 bits per heavy atom. The maximum Gasteiger partial charge on any atom is 1.00 e. The van der Waals surface area contributed by atoms with E-state index < -0.39 is 10.4 Å². The standard InChI is InChI=1S/C16H20.2Na.H2O4S/c1-11(2)14-10-9-13-7-5-6-8-15(13)16(14)12(3)4;;;1-5(2,3)4/h5-12H,1-4H3;;;(H2,1,2,3,4)/q;2*+1;/p-2. The van der Waals surface area contributed by atoms with Crippen molar-refractivity contribution < 1.29 is 76.6 Å². The third-order valence-corrected chi connectivity index (χ3v) is 3.20. The topological polar surface area (TPSA) is 80.3 Å². The molecule has 0 unspecified atom stereocenters. The molecule has 116 valence electrons. The van der Waals surface area contributed by atoms with Gasteiger partial charge in [0.15, 0.2) is 0 Å². The van der Waals surface area contributed by atoms with Gasteiger partial charge >= 0.3 is 59.1 Å². The molecular weight excluding hydrogens is 334 g/mol. The van der Waals surface area contributed by atoms with Gasteiger partial charge in [-0.05, 0) is 33.7 Å². The minimum absolute atomic E-state index is 0. The van der Waals surface area contributed by atoms with Crippen LogP contribution in [0.25, 0.3) is 10.8 Å². The van der Waals surface area contributed by atoms with Crippen LogP contribution in [0.4, 0.5) is 0 Å². The summed E-state index contributed by atoms with van der Waals surface area (Å²) in [5.74, 6) is 1.19. The van der Waals surface area contributed by atoms with E-state index in [2.05, 4.69) is 64.1 Å². The van der Waals surface area contributed by atoms with Gasteiger partial charge in [-0.25, -0.2) is 0 Å². The van der Waals surface area contributed by atoms with E-state index in [1.54, 1.807) is 0 Å². The van der Waals surface area contributed by atoms with Crippen LogP contribution in [0.15, 0.2) is 36.4 Å². The maximum absolute atomic E-state index is 8.52. The minimum Gasteiger partial charge on any atom is -0.759 e. The van der Waals surface area contributed by atoms with Crippen LogP contribution < -0.4 is 59.1 Å². The smallest absolute Gasteiger partial charge is 0.759 e. The molecule has 0 bridgehead atoms. The predicted molar refractivity (Wildman–Crippen MR) is 82.6 cm³/mol. The molecule has 7 heteroatoms. The second-order valence-corrected chi connectivity index (χ2v) is 6.32. The van der Waals surface area contributed by atoms with Crippen molar-refractivity contribution in [3.63, 3.8) is 0 Å². The molecule has 0 aliphatic rings. The summed E-state index contributed by atoms with van der Waals surface area (Å²) in [4.78, 5) is 0. The van der Waals surface area contributed by atoms with Crippen molar-refractivity contribution in [2.45, 2.75) is 39.5 Å². The van der Waals surface area contributed by atoms with Crippen molar-refractivity contribution >= 4 is 21.2 Å². The second-order valence-electron chi connectivity index (χ2n) is 5.51. The van der Waals surface area contributed by atoms with E-state index in [0.29, 0.717) is 11.8 Å². The summed E-state index contributed by atoms with van der Waals surface area (Å²) in [6, 6.07) is 13.2. The second kappa shape index (κ2) is 11.2. The molecule has 0 aromatic heterocycles. The van der Waals surface area contributed by atoms with Crippen LogP contribution in [0.5, 0.6) is 0 Å². The molecule has 0 saturated heterocycles. The summed E-state index contributed by atoms with van der Waals surface area (Å²) in [7, 11) is -5.17. The number of fused-ring (bicyclic) bond motifs is 1. The maximum atomic E-state index is 8.52. The van der Waals surface area contributed by atoms with Crippen LogP contribution in [0.3, 0.4) is 0 Å². The van der Waals surface area contributed by atoms with E-state index >= 15 is 0 Å². The number of benzene rings is 2. The van der Waals surface area contributed by atoms with E-state index in [1.165, 1.54) is 21.9 Å². The Kier molecular flexibility index (Phi) is 12.6. The van der Waals surface area contributed by atoms with Gasteiger partial charge in [-0.15, -0.1) is 0 Å². The first-order valence-corrected chi connectivity index (χ1v) is 8.12. The van der Waals surface area contributed by atoms with Crippen LogP contribution in [0, 0.1) is 0 Å². The molecule has 0 aliphatic heterocycles. The van der Waals surface area contributed by atoms with Crippen molar-refractivity contribution in [2.75, 3.05) is 0 Å². The van der Waals surface area contributed by atoms with Gasteiger partial charge in [-0.2, -0.15) is 0 Å². The molecule has 2 aromatic carbocycles. The van der Waals surface area contributed by atoms with Crippen molar-refractivity contribution in [1.29, 1.82) is 0 Å². The zero-order valence-electron chi connectivity index (χ0n) is 14.7. The summed E-state index contributed by atoms with van der Waals surface area (Å²) in [6.07, 6.45) is 0. The molecule has 0 spiro atoms. The van der Waals surface area contributed by atoms with Crippen LogP contribution >= 0.6 is 0 Å². The number of rotatable bonds is 2. The van der Waals surface area contributed by atoms with E-state index in [0.717, 1.165) is 0 Å². The van der Waals surface area contributed by atoms with E-state index in [-0.39, 0.29) is 59.1 Å². The Morgan fingerprint density at radius 1 is 0.826 bits per heavy atom.